The third-order valence-electron chi connectivity index (χ3n) is 0.783. The number of likely N-dealkylation sites (N-methyl/N-ethyl adjacent to an activating group) is 1. The first-order valence-electron chi connectivity index (χ1n) is 3.38. The van der Waals surface area contributed by atoms with Crippen molar-refractivity contribution in [2.45, 2.75) is 6.04 Å². The summed E-state index contributed by atoms with van der Waals surface area (Å²) < 4.78 is 0. The second kappa shape index (κ2) is 13.4. The van der Waals surface area contributed by atoms with Gasteiger partial charge in [-0.25, -0.2) is 9.59 Å². The summed E-state index contributed by atoms with van der Waals surface area (Å²) in [6, 6.07) is -1.50. The Labute approximate surface area is 76.7 Å². The number of nitrogens with one attached hydrogen (secondary N) is 1. The van der Waals surface area contributed by atoms with E-state index in [2.05, 4.69) is 16.8 Å². The molecule has 0 bridgehead atoms. The molecule has 0 atom stereocenters. The lowest BCUT2D eigenvalue weighted by molar-refractivity contribution is -0.150. The number of nitrogens with two attached hydrogens (primary N) is 2. The van der Waals surface area contributed by atoms with Crippen molar-refractivity contribution in [3.63, 3.8) is 0 Å². The van der Waals surface area contributed by atoms with Crippen LogP contribution in [0, 0.1) is 0 Å². The van der Waals surface area contributed by atoms with Crippen LogP contribution in [0.4, 0.5) is 0 Å². The first-order valence-corrected chi connectivity index (χ1v) is 3.38. The van der Waals surface area contributed by atoms with Gasteiger partial charge in [-0.2, -0.15) is 0 Å². The van der Waals surface area contributed by atoms with Crippen LogP contribution in [0.3, 0.4) is 0 Å². The molecule has 0 spiro atoms. The molecule has 0 saturated carbocycles. The van der Waals surface area contributed by atoms with E-state index in [0.29, 0.717) is 0 Å². The van der Waals surface area contributed by atoms with E-state index < -0.39 is 18.0 Å². The average molecular weight is 195 g/mol. The Morgan fingerprint density at radius 3 is 1.31 bits per heavy atom. The fourth-order valence-electron chi connectivity index (χ4n) is 0.353. The molecule has 0 unspecified atom stereocenters. The molecule has 0 amide bonds. The van der Waals surface area contributed by atoms with Crippen molar-refractivity contribution in [3.05, 3.63) is 0 Å². The highest BCUT2D eigenvalue weighted by molar-refractivity contribution is 5.97. The smallest absolute Gasteiger partial charge is 0.332 e. The second-order valence-electron chi connectivity index (χ2n) is 1.40. The van der Waals surface area contributed by atoms with Gasteiger partial charge < -0.3 is 21.7 Å². The van der Waals surface area contributed by atoms with E-state index in [4.69, 9.17) is 10.2 Å². The number of hydrogen-bond acceptors (Lipinski definition) is 5. The molecule has 0 saturated heterocycles. The van der Waals surface area contributed by atoms with Crippen LogP contribution < -0.4 is 16.8 Å². The van der Waals surface area contributed by atoms with E-state index in [0.717, 1.165) is 0 Å². The number of hydrogen-bond donors (Lipinski definition) is 5. The number of rotatable bonds is 3. The Balaban J connectivity index is -0.000000218. The molecular weight excluding hydrogens is 178 g/mol. The minimum Gasteiger partial charge on any atom is -0.480 e. The van der Waals surface area contributed by atoms with Crippen molar-refractivity contribution in [2.75, 3.05) is 21.1 Å². The summed E-state index contributed by atoms with van der Waals surface area (Å²) in [4.78, 5) is 19.9. The summed E-state index contributed by atoms with van der Waals surface area (Å²) in [5.41, 5.74) is 9.00. The van der Waals surface area contributed by atoms with E-state index in [9.17, 15) is 9.59 Å². The highest BCUT2D eigenvalue weighted by Crippen LogP contribution is 1.80. The van der Waals surface area contributed by atoms with Crippen molar-refractivity contribution < 1.29 is 19.8 Å². The maximum atomic E-state index is 9.93. The number of aliphatic carboxylic acids is 2. The summed E-state index contributed by atoms with van der Waals surface area (Å²) in [6.07, 6.45) is 0. The normalized spacial score (nSPS) is 7.54. The Morgan fingerprint density at radius 2 is 1.31 bits per heavy atom. The Hall–Kier alpha value is -1.18. The van der Waals surface area contributed by atoms with Crippen molar-refractivity contribution >= 4 is 11.9 Å². The van der Waals surface area contributed by atoms with Crippen LogP contribution in [0.1, 0.15) is 0 Å². The van der Waals surface area contributed by atoms with Gasteiger partial charge in [0, 0.05) is 0 Å². The van der Waals surface area contributed by atoms with Crippen LogP contribution in [0.25, 0.3) is 0 Å². The quantitative estimate of drug-likeness (QED) is 0.325. The zero-order chi connectivity index (χ0) is 11.4. The molecule has 13 heavy (non-hydrogen) atoms. The van der Waals surface area contributed by atoms with Gasteiger partial charge in [0.1, 0.15) is 0 Å². The highest BCUT2D eigenvalue weighted by Gasteiger charge is 2.22. The first-order chi connectivity index (χ1) is 6.09. The number of carboxylic acids is 2. The standard InChI is InChI=1S/C4H7NO4.2CH5N/c1-5-2(3(6)7)4(8)9;2*1-2/h2,5H,1H3,(H,6,7)(H,8,9);2*2H2,1H3. The average Bonchev–Trinajstić information content (AvgIpc) is 2.11. The molecule has 0 radical (unpaired) electrons. The summed E-state index contributed by atoms with van der Waals surface area (Å²) in [5.74, 6) is -2.77. The van der Waals surface area contributed by atoms with Crippen LogP contribution in [0.2, 0.25) is 0 Å². The van der Waals surface area contributed by atoms with Crippen LogP contribution in [0.5, 0.6) is 0 Å². The summed E-state index contributed by atoms with van der Waals surface area (Å²) in [6.45, 7) is 0. The third kappa shape index (κ3) is 10.8. The number of carbonyl (C=O) groups is 2. The third-order valence-corrected chi connectivity index (χ3v) is 0.783. The minimum absolute atomic E-state index is 1.27. The van der Waals surface area contributed by atoms with Gasteiger partial charge in [0.05, 0.1) is 0 Å². The maximum Gasteiger partial charge on any atom is 0.332 e. The summed E-state index contributed by atoms with van der Waals surface area (Å²) >= 11 is 0. The van der Waals surface area contributed by atoms with Crippen molar-refractivity contribution in [3.8, 4) is 0 Å². The molecule has 0 aromatic carbocycles. The largest absolute Gasteiger partial charge is 0.480 e. The molecule has 7 nitrogen and oxygen atoms in total. The molecule has 7 heteroatoms. The van der Waals surface area contributed by atoms with Crippen molar-refractivity contribution in [2.24, 2.45) is 11.5 Å². The first kappa shape index (κ1) is 17.8. The lowest BCUT2D eigenvalue weighted by atomic mass is 10.3. The van der Waals surface area contributed by atoms with E-state index in [1.807, 2.05) is 0 Å². The molecule has 0 fully saturated rings. The topological polar surface area (TPSA) is 139 Å². The van der Waals surface area contributed by atoms with Gasteiger partial charge in [0.2, 0.25) is 6.04 Å². The molecular formula is C6H17N3O4. The van der Waals surface area contributed by atoms with E-state index >= 15 is 0 Å². The minimum atomic E-state index is -1.50. The van der Waals surface area contributed by atoms with E-state index in [-0.39, 0.29) is 0 Å². The lowest BCUT2D eigenvalue weighted by Crippen LogP contribution is -2.40. The van der Waals surface area contributed by atoms with Crippen molar-refractivity contribution in [1.82, 2.24) is 5.32 Å². The van der Waals surface area contributed by atoms with Gasteiger partial charge in [-0.15, -0.1) is 0 Å². The van der Waals surface area contributed by atoms with Gasteiger partial charge in [-0.3, -0.25) is 5.32 Å². The maximum absolute atomic E-state index is 9.93. The molecule has 7 N–H and O–H groups in total. The molecule has 0 aromatic heterocycles. The SMILES string of the molecule is CN.CN.CNC(C(=O)O)C(=O)O. The highest BCUT2D eigenvalue weighted by atomic mass is 16.4. The monoisotopic (exact) mass is 195 g/mol. The van der Waals surface area contributed by atoms with Gasteiger partial charge in [-0.05, 0) is 21.1 Å². The predicted octanol–water partition coefficient (Wildman–Crippen LogP) is -2.11. The zero-order valence-electron chi connectivity index (χ0n) is 7.94. The van der Waals surface area contributed by atoms with Crippen LogP contribution in [-0.4, -0.2) is 49.3 Å². The predicted molar refractivity (Wildman–Crippen MR) is 48.3 cm³/mol. The lowest BCUT2D eigenvalue weighted by Gasteiger charge is -2.02. The molecule has 0 aliphatic heterocycles. The van der Waals surface area contributed by atoms with Gasteiger partial charge >= 0.3 is 11.9 Å². The fourth-order valence-corrected chi connectivity index (χ4v) is 0.353. The van der Waals surface area contributed by atoms with Crippen LogP contribution >= 0.6 is 0 Å². The number of carboxylic acid groups (broad SMARTS) is 2. The molecule has 0 aliphatic rings. The van der Waals surface area contributed by atoms with Crippen LogP contribution in [-0.2, 0) is 9.59 Å². The van der Waals surface area contributed by atoms with Gasteiger partial charge in [0.25, 0.3) is 0 Å². The fraction of sp³-hybridized carbons (Fsp3) is 0.667. The summed E-state index contributed by atoms with van der Waals surface area (Å²) in [7, 11) is 4.27. The van der Waals surface area contributed by atoms with Crippen molar-refractivity contribution in [1.29, 1.82) is 0 Å². The van der Waals surface area contributed by atoms with Gasteiger partial charge in [0.15, 0.2) is 0 Å². The van der Waals surface area contributed by atoms with Gasteiger partial charge in [-0.1, -0.05) is 0 Å². The Morgan fingerprint density at radius 1 is 1.08 bits per heavy atom. The molecule has 0 aliphatic carbocycles. The Kier molecular flexibility index (Phi) is 18.4. The second-order valence-corrected chi connectivity index (χ2v) is 1.40. The molecule has 0 aromatic rings. The molecule has 80 valence electrons. The molecule has 0 rings (SSSR count). The van der Waals surface area contributed by atoms with Crippen LogP contribution in [0.15, 0.2) is 0 Å². The van der Waals surface area contributed by atoms with E-state index in [1.165, 1.54) is 21.1 Å². The summed E-state index contributed by atoms with van der Waals surface area (Å²) in [5, 5.41) is 18.3. The zero-order valence-corrected chi connectivity index (χ0v) is 7.94. The van der Waals surface area contributed by atoms with E-state index in [1.54, 1.807) is 0 Å². The Bertz CT molecular complexity index is 126. The molecule has 0 heterocycles.